The zero-order chi connectivity index (χ0) is 12.4. The van der Waals surface area contributed by atoms with Gasteiger partial charge in [0.15, 0.2) is 0 Å². The minimum atomic E-state index is -0.880. The number of rotatable bonds is 3. The first-order valence-electron chi connectivity index (χ1n) is 5.53. The average molecular weight is 226 g/mol. The van der Waals surface area contributed by atoms with E-state index in [1.807, 2.05) is 24.3 Å². The molecular weight excluding hydrogens is 212 g/mol. The summed E-state index contributed by atoms with van der Waals surface area (Å²) in [5.74, 6) is -0.880. The van der Waals surface area contributed by atoms with E-state index in [0.717, 1.165) is 22.3 Å². The lowest BCUT2D eigenvalue weighted by Gasteiger charge is -2.04. The summed E-state index contributed by atoms with van der Waals surface area (Å²) in [4.78, 5) is 11.2. The lowest BCUT2D eigenvalue weighted by molar-refractivity contribution is -0.132. The Hall–Kier alpha value is -2.09. The van der Waals surface area contributed by atoms with Crippen LogP contribution in [0.3, 0.4) is 0 Å². The Balaban J connectivity index is 2.58. The summed E-state index contributed by atoms with van der Waals surface area (Å²) in [6, 6.07) is 7.97. The van der Waals surface area contributed by atoms with Crippen molar-refractivity contribution in [3.05, 3.63) is 65.3 Å². The number of benzene rings is 1. The average Bonchev–Trinajstić information content (AvgIpc) is 2.67. The van der Waals surface area contributed by atoms with Crippen LogP contribution < -0.4 is 0 Å². The Kier molecular flexibility index (Phi) is 2.96. The number of fused-ring (bicyclic) bond motifs is 1. The SMILES string of the molecule is C=CC1=C(/C(=C\C)C(=O)O)Cc2ccccc21. The standard InChI is InChI=1S/C15H14O2/c1-3-11-13-8-6-5-7-10(13)9-14(11)12(4-2)15(16)17/h3-8H,1,9H2,2H3,(H,16,17)/b12-4+. The summed E-state index contributed by atoms with van der Waals surface area (Å²) in [6.07, 6.45) is 4.06. The number of carboxylic acids is 1. The second-order valence-corrected chi connectivity index (χ2v) is 3.94. The molecular formula is C15H14O2. The van der Waals surface area contributed by atoms with Crippen molar-refractivity contribution in [1.29, 1.82) is 0 Å². The first kappa shape index (κ1) is 11.4. The zero-order valence-electron chi connectivity index (χ0n) is 9.73. The van der Waals surface area contributed by atoms with Crippen LogP contribution in [0.4, 0.5) is 0 Å². The highest BCUT2D eigenvalue weighted by atomic mass is 16.4. The molecule has 0 heterocycles. The molecule has 0 atom stereocenters. The Labute approximate surface area is 101 Å². The van der Waals surface area contributed by atoms with E-state index in [1.54, 1.807) is 19.1 Å². The molecule has 0 aromatic heterocycles. The van der Waals surface area contributed by atoms with Gasteiger partial charge in [-0.3, -0.25) is 0 Å². The van der Waals surface area contributed by atoms with Crippen LogP contribution in [0.15, 0.2) is 54.1 Å². The summed E-state index contributed by atoms with van der Waals surface area (Å²) in [6.45, 7) is 5.54. The van der Waals surface area contributed by atoms with E-state index in [1.165, 1.54) is 0 Å². The number of carboxylic acid groups (broad SMARTS) is 1. The topological polar surface area (TPSA) is 37.3 Å². The fourth-order valence-corrected chi connectivity index (χ4v) is 2.29. The molecule has 0 aliphatic heterocycles. The number of carbonyl (C=O) groups is 1. The highest BCUT2D eigenvalue weighted by Gasteiger charge is 2.24. The van der Waals surface area contributed by atoms with Gasteiger partial charge in [0.2, 0.25) is 0 Å². The monoisotopic (exact) mass is 226 g/mol. The highest BCUT2D eigenvalue weighted by molar-refractivity contribution is 5.99. The largest absolute Gasteiger partial charge is 0.478 e. The molecule has 0 fully saturated rings. The molecule has 2 heteroatoms. The molecule has 86 valence electrons. The van der Waals surface area contributed by atoms with Crippen molar-refractivity contribution in [2.24, 2.45) is 0 Å². The smallest absolute Gasteiger partial charge is 0.335 e. The van der Waals surface area contributed by atoms with Crippen LogP contribution in [0.1, 0.15) is 18.1 Å². The lowest BCUT2D eigenvalue weighted by atomic mass is 10.0. The van der Waals surface area contributed by atoms with Crippen LogP contribution in [0.2, 0.25) is 0 Å². The lowest BCUT2D eigenvalue weighted by Crippen LogP contribution is -2.04. The molecule has 0 radical (unpaired) electrons. The maximum atomic E-state index is 11.2. The number of hydrogen-bond donors (Lipinski definition) is 1. The van der Waals surface area contributed by atoms with E-state index in [2.05, 4.69) is 6.58 Å². The van der Waals surface area contributed by atoms with Gasteiger partial charge in [-0.25, -0.2) is 4.79 Å². The molecule has 2 nitrogen and oxygen atoms in total. The van der Waals surface area contributed by atoms with Gasteiger partial charge in [0.05, 0.1) is 5.57 Å². The number of aliphatic carboxylic acids is 1. The van der Waals surface area contributed by atoms with E-state index in [0.29, 0.717) is 12.0 Å². The minimum absolute atomic E-state index is 0.371. The first-order chi connectivity index (χ1) is 8.19. The zero-order valence-corrected chi connectivity index (χ0v) is 9.73. The second kappa shape index (κ2) is 4.42. The summed E-state index contributed by atoms with van der Waals surface area (Å²) in [5.41, 5.74) is 4.43. The van der Waals surface area contributed by atoms with Crippen LogP contribution in [-0.2, 0) is 11.2 Å². The van der Waals surface area contributed by atoms with Gasteiger partial charge < -0.3 is 5.11 Å². The summed E-state index contributed by atoms with van der Waals surface area (Å²) in [7, 11) is 0. The molecule has 0 amide bonds. The van der Waals surface area contributed by atoms with Gasteiger partial charge in [0.25, 0.3) is 0 Å². The molecule has 0 unspecified atom stereocenters. The molecule has 0 saturated carbocycles. The van der Waals surface area contributed by atoms with Gasteiger partial charge in [-0.15, -0.1) is 0 Å². The van der Waals surface area contributed by atoms with Gasteiger partial charge in [-0.2, -0.15) is 0 Å². The van der Waals surface area contributed by atoms with Crippen molar-refractivity contribution in [2.45, 2.75) is 13.3 Å². The molecule has 1 aromatic rings. The molecule has 1 aliphatic carbocycles. The molecule has 0 spiro atoms. The van der Waals surface area contributed by atoms with Gasteiger partial charge >= 0.3 is 5.97 Å². The van der Waals surface area contributed by atoms with Crippen molar-refractivity contribution in [3.8, 4) is 0 Å². The third-order valence-corrected chi connectivity index (χ3v) is 3.05. The van der Waals surface area contributed by atoms with Crippen LogP contribution in [-0.4, -0.2) is 11.1 Å². The molecule has 0 bridgehead atoms. The van der Waals surface area contributed by atoms with E-state index < -0.39 is 5.97 Å². The molecule has 1 aliphatic rings. The van der Waals surface area contributed by atoms with E-state index in [9.17, 15) is 9.90 Å². The maximum Gasteiger partial charge on any atom is 0.335 e. The van der Waals surface area contributed by atoms with Crippen molar-refractivity contribution in [1.82, 2.24) is 0 Å². The maximum absolute atomic E-state index is 11.2. The van der Waals surface area contributed by atoms with E-state index in [4.69, 9.17) is 0 Å². The predicted molar refractivity (Wildman–Crippen MR) is 68.7 cm³/mol. The quantitative estimate of drug-likeness (QED) is 0.803. The Morgan fingerprint density at radius 2 is 2.12 bits per heavy atom. The molecule has 17 heavy (non-hydrogen) atoms. The van der Waals surface area contributed by atoms with Crippen LogP contribution in [0.5, 0.6) is 0 Å². The van der Waals surface area contributed by atoms with Gasteiger partial charge in [-0.1, -0.05) is 43.0 Å². The third-order valence-electron chi connectivity index (χ3n) is 3.05. The summed E-state index contributed by atoms with van der Waals surface area (Å²) < 4.78 is 0. The van der Waals surface area contributed by atoms with Crippen molar-refractivity contribution >= 4 is 11.5 Å². The summed E-state index contributed by atoms with van der Waals surface area (Å²) in [5, 5.41) is 9.19. The van der Waals surface area contributed by atoms with Crippen molar-refractivity contribution in [3.63, 3.8) is 0 Å². The minimum Gasteiger partial charge on any atom is -0.478 e. The van der Waals surface area contributed by atoms with Crippen LogP contribution >= 0.6 is 0 Å². The Morgan fingerprint density at radius 3 is 2.71 bits per heavy atom. The molecule has 1 aromatic carbocycles. The molecule has 0 saturated heterocycles. The van der Waals surface area contributed by atoms with Gasteiger partial charge in [-0.05, 0) is 35.6 Å². The second-order valence-electron chi connectivity index (χ2n) is 3.94. The number of allylic oxidation sites excluding steroid dienone is 3. The van der Waals surface area contributed by atoms with Gasteiger partial charge in [0, 0.05) is 0 Å². The van der Waals surface area contributed by atoms with Gasteiger partial charge in [0.1, 0.15) is 0 Å². The fraction of sp³-hybridized carbons (Fsp3) is 0.133. The van der Waals surface area contributed by atoms with Crippen LogP contribution in [0.25, 0.3) is 5.57 Å². The first-order valence-corrected chi connectivity index (χ1v) is 5.53. The third kappa shape index (κ3) is 1.82. The fourth-order valence-electron chi connectivity index (χ4n) is 2.29. The Bertz CT molecular complexity index is 548. The van der Waals surface area contributed by atoms with Crippen molar-refractivity contribution in [2.75, 3.05) is 0 Å². The van der Waals surface area contributed by atoms with Crippen LogP contribution in [0, 0.1) is 0 Å². The van der Waals surface area contributed by atoms with E-state index >= 15 is 0 Å². The summed E-state index contributed by atoms with van der Waals surface area (Å²) >= 11 is 0. The highest BCUT2D eigenvalue weighted by Crippen LogP contribution is 2.36. The predicted octanol–water partition coefficient (Wildman–Crippen LogP) is 3.21. The van der Waals surface area contributed by atoms with Crippen molar-refractivity contribution < 1.29 is 9.90 Å². The normalized spacial score (nSPS) is 14.8. The van der Waals surface area contributed by atoms with E-state index in [-0.39, 0.29) is 0 Å². The Morgan fingerprint density at radius 1 is 1.41 bits per heavy atom. The molecule has 1 N–H and O–H groups in total. The molecule has 2 rings (SSSR count). The number of hydrogen-bond acceptors (Lipinski definition) is 1.